The molecule has 2 aromatic carbocycles. The number of esters is 1. The Bertz CT molecular complexity index is 1220. The zero-order chi connectivity index (χ0) is 24.4. The van der Waals surface area contributed by atoms with Crippen LogP contribution in [0.1, 0.15) is 36.3 Å². The molecule has 0 radical (unpaired) electrons. The predicted molar refractivity (Wildman–Crippen MR) is 129 cm³/mol. The van der Waals surface area contributed by atoms with Crippen molar-refractivity contribution in [2.24, 2.45) is 5.73 Å². The Hall–Kier alpha value is -2.97. The van der Waals surface area contributed by atoms with Gasteiger partial charge in [-0.2, -0.15) is 0 Å². The first-order chi connectivity index (χ1) is 16.3. The monoisotopic (exact) mass is 547 g/mol. The summed E-state index contributed by atoms with van der Waals surface area (Å²) in [7, 11) is 2.78. The second-order valence-corrected chi connectivity index (χ2v) is 9.16. The Morgan fingerprint density at radius 2 is 2.03 bits per heavy atom. The molecule has 1 aliphatic heterocycles. The van der Waals surface area contributed by atoms with Gasteiger partial charge >= 0.3 is 5.97 Å². The molecule has 0 spiro atoms. The van der Waals surface area contributed by atoms with Crippen LogP contribution in [0, 0.1) is 0 Å². The number of rotatable bonds is 6. The van der Waals surface area contributed by atoms with E-state index in [9.17, 15) is 9.59 Å². The lowest BCUT2D eigenvalue weighted by molar-refractivity contribution is -0.136. The largest absolute Gasteiger partial charge is 0.493 e. The van der Waals surface area contributed by atoms with Gasteiger partial charge in [0, 0.05) is 23.4 Å². The number of hydrogen-bond acceptors (Lipinski definition) is 7. The molecule has 0 unspecified atom stereocenters. The molecular weight excluding hydrogens is 526 g/mol. The van der Waals surface area contributed by atoms with Crippen LogP contribution in [0.5, 0.6) is 11.5 Å². The number of allylic oxidation sites excluding steroid dienone is 2. The molecule has 1 heterocycles. The highest BCUT2D eigenvalue weighted by molar-refractivity contribution is 9.10. The first kappa shape index (κ1) is 24.2. The Kier molecular flexibility index (Phi) is 7.19. The van der Waals surface area contributed by atoms with E-state index in [1.807, 2.05) is 18.2 Å². The summed E-state index contributed by atoms with van der Waals surface area (Å²) >= 11 is 9.63. The highest BCUT2D eigenvalue weighted by Crippen LogP contribution is 2.47. The molecule has 0 amide bonds. The molecular formula is C25H23BrClNO6. The molecule has 0 saturated carbocycles. The molecule has 2 aliphatic rings. The van der Waals surface area contributed by atoms with Crippen molar-refractivity contribution < 1.29 is 28.5 Å². The quantitative estimate of drug-likeness (QED) is 0.498. The summed E-state index contributed by atoms with van der Waals surface area (Å²) in [4.78, 5) is 25.6. The number of benzene rings is 2. The lowest BCUT2D eigenvalue weighted by Gasteiger charge is -2.32. The minimum absolute atomic E-state index is 0.0679. The van der Waals surface area contributed by atoms with Gasteiger partial charge in [0.25, 0.3) is 0 Å². The van der Waals surface area contributed by atoms with E-state index < -0.39 is 11.9 Å². The Labute approximate surface area is 210 Å². The molecule has 0 bridgehead atoms. The van der Waals surface area contributed by atoms with Gasteiger partial charge in [-0.3, -0.25) is 4.79 Å². The van der Waals surface area contributed by atoms with Crippen molar-refractivity contribution in [3.63, 3.8) is 0 Å². The van der Waals surface area contributed by atoms with Crippen molar-refractivity contribution >= 4 is 39.3 Å². The third-order valence-corrected chi connectivity index (χ3v) is 6.57. The third kappa shape index (κ3) is 4.65. The fourth-order valence-corrected chi connectivity index (χ4v) is 5.01. The molecule has 1 aliphatic carbocycles. The van der Waals surface area contributed by atoms with Crippen LogP contribution in [0.15, 0.2) is 63.7 Å². The number of methoxy groups -OCH3 is 2. The van der Waals surface area contributed by atoms with E-state index in [-0.39, 0.29) is 23.8 Å². The van der Waals surface area contributed by atoms with E-state index in [1.54, 1.807) is 18.2 Å². The van der Waals surface area contributed by atoms with Crippen LogP contribution < -0.4 is 15.2 Å². The minimum Gasteiger partial charge on any atom is -0.493 e. The van der Waals surface area contributed by atoms with E-state index in [1.165, 1.54) is 14.2 Å². The zero-order valence-corrected chi connectivity index (χ0v) is 21.0. The topological polar surface area (TPSA) is 97.1 Å². The number of Topliss-reactive ketones (excluding diaryl/α,β-unsaturated/α-hetero) is 1. The Morgan fingerprint density at radius 3 is 2.74 bits per heavy atom. The number of carbonyl (C=O) groups excluding carboxylic acids is 2. The van der Waals surface area contributed by atoms with Crippen molar-refractivity contribution in [1.82, 2.24) is 0 Å². The summed E-state index contributed by atoms with van der Waals surface area (Å²) in [5, 5.41) is 0.614. The van der Waals surface area contributed by atoms with E-state index in [0.717, 1.165) is 5.56 Å². The maximum Gasteiger partial charge on any atom is 0.340 e. The first-order valence-corrected chi connectivity index (χ1v) is 11.8. The van der Waals surface area contributed by atoms with Gasteiger partial charge in [0.05, 0.1) is 24.6 Å². The van der Waals surface area contributed by atoms with Crippen LogP contribution in [-0.4, -0.2) is 26.0 Å². The summed E-state index contributed by atoms with van der Waals surface area (Å²) in [5.41, 5.74) is 8.14. The lowest BCUT2D eigenvalue weighted by atomic mass is 9.77. The number of ketones is 1. The van der Waals surface area contributed by atoms with E-state index >= 15 is 0 Å². The zero-order valence-electron chi connectivity index (χ0n) is 18.7. The third-order valence-electron chi connectivity index (χ3n) is 5.75. The normalized spacial score (nSPS) is 17.8. The van der Waals surface area contributed by atoms with Crippen molar-refractivity contribution in [2.45, 2.75) is 31.8 Å². The molecule has 34 heavy (non-hydrogen) atoms. The average Bonchev–Trinajstić information content (AvgIpc) is 2.81. The van der Waals surface area contributed by atoms with Gasteiger partial charge in [-0.1, -0.05) is 23.7 Å². The van der Waals surface area contributed by atoms with Gasteiger partial charge < -0.3 is 24.7 Å². The van der Waals surface area contributed by atoms with Crippen LogP contribution in [0.4, 0.5) is 0 Å². The molecule has 2 N–H and O–H groups in total. The summed E-state index contributed by atoms with van der Waals surface area (Å²) < 4.78 is 22.9. The molecule has 178 valence electrons. The second kappa shape index (κ2) is 10.1. The smallest absolute Gasteiger partial charge is 0.340 e. The number of ether oxygens (including phenoxy) is 4. The van der Waals surface area contributed by atoms with Crippen LogP contribution in [-0.2, 0) is 25.7 Å². The molecule has 0 fully saturated rings. The van der Waals surface area contributed by atoms with E-state index in [2.05, 4.69) is 15.9 Å². The van der Waals surface area contributed by atoms with E-state index in [4.69, 9.17) is 36.3 Å². The maximum atomic E-state index is 12.9. The van der Waals surface area contributed by atoms with Crippen molar-refractivity contribution in [3.05, 3.63) is 79.8 Å². The molecule has 0 saturated heterocycles. The summed E-state index contributed by atoms with van der Waals surface area (Å²) in [6, 6.07) is 10.9. The maximum absolute atomic E-state index is 12.9. The SMILES string of the molecule is COC(=O)C1=C(N)OC2=C(C(=O)CCC2)[C@@H]1c1cc(Br)c(OCc2cccc(Cl)c2)c(OC)c1. The van der Waals surface area contributed by atoms with Crippen LogP contribution in [0.2, 0.25) is 5.02 Å². The predicted octanol–water partition coefficient (Wildman–Crippen LogP) is 5.15. The van der Waals surface area contributed by atoms with Crippen LogP contribution in [0.25, 0.3) is 0 Å². The number of hydrogen-bond donors (Lipinski definition) is 1. The minimum atomic E-state index is -0.754. The van der Waals surface area contributed by atoms with Gasteiger partial charge in [-0.05, 0) is 57.7 Å². The van der Waals surface area contributed by atoms with Gasteiger partial charge in [-0.15, -0.1) is 0 Å². The van der Waals surface area contributed by atoms with Gasteiger partial charge in [-0.25, -0.2) is 4.79 Å². The van der Waals surface area contributed by atoms with Crippen LogP contribution in [0.3, 0.4) is 0 Å². The Balaban J connectivity index is 1.77. The second-order valence-electron chi connectivity index (χ2n) is 7.87. The van der Waals surface area contributed by atoms with Gasteiger partial charge in [0.2, 0.25) is 5.88 Å². The first-order valence-electron chi connectivity index (χ1n) is 10.6. The highest BCUT2D eigenvalue weighted by Gasteiger charge is 2.41. The van der Waals surface area contributed by atoms with Crippen molar-refractivity contribution in [1.29, 1.82) is 0 Å². The molecule has 1 atom stereocenters. The Morgan fingerprint density at radius 1 is 1.24 bits per heavy atom. The molecule has 2 aromatic rings. The standard InChI is InChI=1S/C25H23BrClNO6/c1-31-19-11-14(10-16(26)23(19)33-12-13-5-3-6-15(27)9-13)20-21-17(29)7-4-8-18(21)34-24(28)22(20)25(30)32-2/h3,5-6,9-11,20H,4,7-8,12,28H2,1-2H3/t20-/m0/s1. The lowest BCUT2D eigenvalue weighted by Crippen LogP contribution is -2.31. The fraction of sp³-hybridized carbons (Fsp3) is 0.280. The highest BCUT2D eigenvalue weighted by atomic mass is 79.9. The number of nitrogens with two attached hydrogens (primary N) is 1. The van der Waals surface area contributed by atoms with Gasteiger partial charge in [0.1, 0.15) is 17.9 Å². The molecule has 9 heteroatoms. The average molecular weight is 549 g/mol. The summed E-state index contributed by atoms with van der Waals surface area (Å²) in [6.07, 6.45) is 1.59. The van der Waals surface area contributed by atoms with E-state index in [0.29, 0.717) is 57.2 Å². The summed E-state index contributed by atoms with van der Waals surface area (Å²) in [6.45, 7) is 0.264. The van der Waals surface area contributed by atoms with Gasteiger partial charge in [0.15, 0.2) is 17.3 Å². The number of halogens is 2. The van der Waals surface area contributed by atoms with Crippen LogP contribution >= 0.6 is 27.5 Å². The summed E-state index contributed by atoms with van der Waals surface area (Å²) in [5.74, 6) is -0.189. The molecule has 4 rings (SSSR count). The fourth-order valence-electron chi connectivity index (χ4n) is 4.23. The number of carbonyl (C=O) groups is 2. The van der Waals surface area contributed by atoms with Crippen molar-refractivity contribution in [3.8, 4) is 11.5 Å². The molecule has 7 nitrogen and oxygen atoms in total. The molecule has 0 aromatic heterocycles. The van der Waals surface area contributed by atoms with Crippen molar-refractivity contribution in [2.75, 3.05) is 14.2 Å².